The number of nitrogens with zero attached hydrogens (tertiary/aromatic N) is 3. The van der Waals surface area contributed by atoms with Gasteiger partial charge in [0, 0.05) is 24.7 Å². The van der Waals surface area contributed by atoms with E-state index in [9.17, 15) is 18.0 Å². The van der Waals surface area contributed by atoms with Crippen molar-refractivity contribution in [2.45, 2.75) is 37.8 Å². The maximum Gasteiger partial charge on any atom is 0.433 e. The SMILES string of the molecule is O=C(O)C1CCCN(c2nc(C3CC3)cc(C(F)(F)F)n2)C1. The van der Waals surface area contributed by atoms with E-state index in [1.54, 1.807) is 4.90 Å². The van der Waals surface area contributed by atoms with Crippen LogP contribution in [0.3, 0.4) is 0 Å². The Morgan fingerprint density at radius 2 is 2.00 bits per heavy atom. The number of rotatable bonds is 3. The zero-order valence-electron chi connectivity index (χ0n) is 11.8. The molecule has 3 rings (SSSR count). The Balaban J connectivity index is 1.91. The van der Waals surface area contributed by atoms with Crippen LogP contribution in [0.25, 0.3) is 0 Å². The highest BCUT2D eigenvalue weighted by Crippen LogP contribution is 2.41. The summed E-state index contributed by atoms with van der Waals surface area (Å²) in [7, 11) is 0. The fourth-order valence-corrected chi connectivity index (χ4v) is 2.69. The molecule has 0 amide bonds. The van der Waals surface area contributed by atoms with Gasteiger partial charge in [-0.2, -0.15) is 13.2 Å². The molecule has 120 valence electrons. The minimum Gasteiger partial charge on any atom is -0.481 e. The van der Waals surface area contributed by atoms with Crippen LogP contribution in [0, 0.1) is 5.92 Å². The molecule has 2 fully saturated rings. The third-order valence-electron chi connectivity index (χ3n) is 4.07. The Morgan fingerprint density at radius 1 is 1.27 bits per heavy atom. The van der Waals surface area contributed by atoms with Crippen molar-refractivity contribution in [1.82, 2.24) is 9.97 Å². The number of hydrogen-bond donors (Lipinski definition) is 1. The first-order chi connectivity index (χ1) is 10.3. The largest absolute Gasteiger partial charge is 0.481 e. The summed E-state index contributed by atoms with van der Waals surface area (Å²) < 4.78 is 39.0. The molecule has 5 nitrogen and oxygen atoms in total. The number of carbonyl (C=O) groups is 1. The van der Waals surface area contributed by atoms with E-state index in [1.165, 1.54) is 0 Å². The van der Waals surface area contributed by atoms with Gasteiger partial charge < -0.3 is 10.0 Å². The zero-order valence-corrected chi connectivity index (χ0v) is 11.8. The highest BCUT2D eigenvalue weighted by Gasteiger charge is 2.37. The second-order valence-corrected chi connectivity index (χ2v) is 5.87. The maximum absolute atomic E-state index is 13.0. The molecular weight excluding hydrogens is 299 g/mol. The Hall–Kier alpha value is -1.86. The minimum atomic E-state index is -4.52. The molecule has 2 aliphatic rings. The van der Waals surface area contributed by atoms with E-state index in [0.29, 0.717) is 25.1 Å². The number of alkyl halides is 3. The summed E-state index contributed by atoms with van der Waals surface area (Å²) in [5, 5.41) is 9.09. The molecule has 1 aromatic heterocycles. The van der Waals surface area contributed by atoms with E-state index in [4.69, 9.17) is 5.11 Å². The summed E-state index contributed by atoms with van der Waals surface area (Å²) in [5.41, 5.74) is -0.536. The molecule has 0 radical (unpaired) electrons. The average molecular weight is 315 g/mol. The van der Waals surface area contributed by atoms with Gasteiger partial charge in [0.05, 0.1) is 5.92 Å². The highest BCUT2D eigenvalue weighted by atomic mass is 19.4. The first-order valence-electron chi connectivity index (χ1n) is 7.28. The quantitative estimate of drug-likeness (QED) is 0.929. The number of aromatic nitrogens is 2. The van der Waals surface area contributed by atoms with Crippen molar-refractivity contribution >= 4 is 11.9 Å². The topological polar surface area (TPSA) is 66.3 Å². The smallest absolute Gasteiger partial charge is 0.433 e. The van der Waals surface area contributed by atoms with Crippen molar-refractivity contribution in [2.24, 2.45) is 5.92 Å². The molecule has 22 heavy (non-hydrogen) atoms. The van der Waals surface area contributed by atoms with Gasteiger partial charge in [-0.1, -0.05) is 0 Å². The molecule has 1 unspecified atom stereocenters. The van der Waals surface area contributed by atoms with Crippen molar-refractivity contribution in [1.29, 1.82) is 0 Å². The van der Waals surface area contributed by atoms with Gasteiger partial charge in [0.15, 0.2) is 0 Å². The van der Waals surface area contributed by atoms with Crippen LogP contribution in [0.2, 0.25) is 0 Å². The standard InChI is InChI=1S/C14H16F3N3O2/c15-14(16,17)11-6-10(8-3-4-8)18-13(19-11)20-5-1-2-9(7-20)12(21)22/h6,8-9H,1-5,7H2,(H,21,22). The van der Waals surface area contributed by atoms with Gasteiger partial charge in [0.2, 0.25) is 5.95 Å². The predicted molar refractivity (Wildman–Crippen MR) is 71.6 cm³/mol. The molecule has 1 atom stereocenters. The minimum absolute atomic E-state index is 0.00248. The molecule has 1 aliphatic carbocycles. The number of carboxylic acids is 1. The van der Waals surface area contributed by atoms with Gasteiger partial charge in [-0.25, -0.2) is 9.97 Å². The summed E-state index contributed by atoms with van der Waals surface area (Å²) >= 11 is 0. The molecule has 1 N–H and O–H groups in total. The molecular formula is C14H16F3N3O2. The molecule has 0 spiro atoms. The number of aliphatic carboxylic acids is 1. The van der Waals surface area contributed by atoms with Gasteiger partial charge in [0.25, 0.3) is 0 Å². The van der Waals surface area contributed by atoms with Crippen LogP contribution in [-0.2, 0) is 11.0 Å². The maximum atomic E-state index is 13.0. The molecule has 1 aromatic rings. The van der Waals surface area contributed by atoms with Crippen LogP contribution in [0.15, 0.2) is 6.07 Å². The van der Waals surface area contributed by atoms with Crippen molar-refractivity contribution in [3.8, 4) is 0 Å². The predicted octanol–water partition coefficient (Wildman–Crippen LogP) is 2.67. The summed E-state index contributed by atoms with van der Waals surface area (Å²) in [4.78, 5) is 20.5. The van der Waals surface area contributed by atoms with Gasteiger partial charge in [0.1, 0.15) is 5.69 Å². The second kappa shape index (κ2) is 5.40. The van der Waals surface area contributed by atoms with E-state index in [-0.39, 0.29) is 18.4 Å². The highest BCUT2D eigenvalue weighted by molar-refractivity contribution is 5.71. The second-order valence-electron chi connectivity index (χ2n) is 5.87. The fraction of sp³-hybridized carbons (Fsp3) is 0.643. The first kappa shape index (κ1) is 15.1. The molecule has 2 heterocycles. The number of anilines is 1. The van der Waals surface area contributed by atoms with Crippen LogP contribution in [0.1, 0.15) is 43.0 Å². The van der Waals surface area contributed by atoms with Crippen molar-refractivity contribution in [3.05, 3.63) is 17.5 Å². The van der Waals surface area contributed by atoms with Crippen LogP contribution in [0.5, 0.6) is 0 Å². The summed E-state index contributed by atoms with van der Waals surface area (Å²) in [6.07, 6.45) is -1.71. The van der Waals surface area contributed by atoms with Crippen molar-refractivity contribution < 1.29 is 23.1 Å². The molecule has 1 saturated carbocycles. The van der Waals surface area contributed by atoms with Gasteiger partial charge in [-0.15, -0.1) is 0 Å². The van der Waals surface area contributed by atoms with Gasteiger partial charge in [-0.3, -0.25) is 4.79 Å². The van der Waals surface area contributed by atoms with E-state index in [1.807, 2.05) is 0 Å². The van der Waals surface area contributed by atoms with Gasteiger partial charge in [-0.05, 0) is 31.7 Å². The summed E-state index contributed by atoms with van der Waals surface area (Å²) in [6.45, 7) is 0.635. The molecule has 0 bridgehead atoms. The monoisotopic (exact) mass is 315 g/mol. The number of carboxylic acid groups (broad SMARTS) is 1. The van der Waals surface area contributed by atoms with Crippen molar-refractivity contribution in [2.75, 3.05) is 18.0 Å². The number of halogens is 3. The third kappa shape index (κ3) is 3.15. The zero-order chi connectivity index (χ0) is 15.9. The Kier molecular flexibility index (Phi) is 3.70. The lowest BCUT2D eigenvalue weighted by atomic mass is 9.99. The molecule has 0 aromatic carbocycles. The Morgan fingerprint density at radius 3 is 2.59 bits per heavy atom. The lowest BCUT2D eigenvalue weighted by Crippen LogP contribution is -2.40. The van der Waals surface area contributed by atoms with Crippen LogP contribution in [0.4, 0.5) is 19.1 Å². The first-order valence-corrected chi connectivity index (χ1v) is 7.28. The Bertz CT molecular complexity index is 587. The average Bonchev–Trinajstić information content (AvgIpc) is 3.30. The van der Waals surface area contributed by atoms with E-state index in [2.05, 4.69) is 9.97 Å². The molecule has 1 saturated heterocycles. The summed E-state index contributed by atoms with van der Waals surface area (Å²) in [5.74, 6) is -1.44. The van der Waals surface area contributed by atoms with E-state index in [0.717, 1.165) is 18.9 Å². The molecule has 1 aliphatic heterocycles. The third-order valence-corrected chi connectivity index (χ3v) is 4.07. The van der Waals surface area contributed by atoms with Crippen molar-refractivity contribution in [3.63, 3.8) is 0 Å². The van der Waals surface area contributed by atoms with E-state index >= 15 is 0 Å². The number of hydrogen-bond acceptors (Lipinski definition) is 4. The van der Waals surface area contributed by atoms with Gasteiger partial charge >= 0.3 is 12.1 Å². The fourth-order valence-electron chi connectivity index (χ4n) is 2.69. The van der Waals surface area contributed by atoms with Crippen LogP contribution in [-0.4, -0.2) is 34.1 Å². The van der Waals surface area contributed by atoms with E-state index < -0.39 is 23.8 Å². The molecule has 8 heteroatoms. The lowest BCUT2D eigenvalue weighted by Gasteiger charge is -2.31. The Labute approximate surface area is 125 Å². The normalized spacial score (nSPS) is 22.7. The van der Waals surface area contributed by atoms with Crippen LogP contribution < -0.4 is 4.90 Å². The van der Waals surface area contributed by atoms with Crippen LogP contribution >= 0.6 is 0 Å². The lowest BCUT2D eigenvalue weighted by molar-refractivity contribution is -0.142. The number of piperidine rings is 1. The summed E-state index contributed by atoms with van der Waals surface area (Å²) in [6, 6.07) is 1.01.